The number of primary sulfonamides is 1. The minimum atomic E-state index is -3.80. The molecule has 2 N–H and O–H groups in total. The number of sulfonamides is 1. The lowest BCUT2D eigenvalue weighted by atomic mass is 9.79. The fourth-order valence-corrected chi connectivity index (χ4v) is 6.13. The van der Waals surface area contributed by atoms with Crippen LogP contribution in [0, 0.1) is 12.8 Å². The van der Waals surface area contributed by atoms with E-state index in [1.165, 1.54) is 37.7 Å². The van der Waals surface area contributed by atoms with Gasteiger partial charge in [0.15, 0.2) is 0 Å². The molecule has 0 atom stereocenters. The summed E-state index contributed by atoms with van der Waals surface area (Å²) >= 11 is 0. The van der Waals surface area contributed by atoms with Crippen LogP contribution in [0.4, 0.5) is 0 Å². The Morgan fingerprint density at radius 2 is 1.78 bits per heavy atom. The Bertz CT molecular complexity index is 1130. The smallest absolute Gasteiger partial charge is 0.239 e. The van der Waals surface area contributed by atoms with Gasteiger partial charge in [-0.1, -0.05) is 53.9 Å². The van der Waals surface area contributed by atoms with Crippen molar-refractivity contribution in [3.8, 4) is 17.0 Å². The molecule has 1 aliphatic carbocycles. The second kappa shape index (κ2) is 7.91. The Morgan fingerprint density at radius 3 is 2.38 bits per heavy atom. The van der Waals surface area contributed by atoms with Crippen molar-refractivity contribution in [2.24, 2.45) is 11.1 Å². The third-order valence-electron chi connectivity index (χ3n) is 7.29. The number of nitrogens with zero attached hydrogens (tertiary/aromatic N) is 1. The highest BCUT2D eigenvalue weighted by Crippen LogP contribution is 2.47. The van der Waals surface area contributed by atoms with E-state index in [1.807, 2.05) is 6.92 Å². The zero-order chi connectivity index (χ0) is 23.5. The number of hydrogen-bond donors (Lipinski definition) is 1. The summed E-state index contributed by atoms with van der Waals surface area (Å²) in [4.78, 5) is 0.233. The lowest BCUT2D eigenvalue weighted by molar-refractivity contribution is 0.286. The molecule has 2 aliphatic rings. The van der Waals surface area contributed by atoms with Crippen molar-refractivity contribution >= 4 is 10.0 Å². The third kappa shape index (κ3) is 4.24. The lowest BCUT2D eigenvalue weighted by Gasteiger charge is -2.26. The first-order valence-corrected chi connectivity index (χ1v) is 13.4. The number of benzene rings is 1. The Balaban J connectivity index is 1.93. The third-order valence-corrected chi connectivity index (χ3v) is 8.32. The molecule has 6 heteroatoms. The van der Waals surface area contributed by atoms with Gasteiger partial charge in [-0.2, -0.15) is 0 Å². The van der Waals surface area contributed by atoms with Gasteiger partial charge in [0.2, 0.25) is 10.0 Å². The fourth-order valence-electron chi connectivity index (χ4n) is 5.33. The van der Waals surface area contributed by atoms with Crippen LogP contribution in [0.2, 0.25) is 0 Å². The minimum Gasteiger partial charge on any atom is -0.492 e. The van der Waals surface area contributed by atoms with Crippen LogP contribution in [0.3, 0.4) is 0 Å². The highest BCUT2D eigenvalue weighted by molar-refractivity contribution is 7.89. The van der Waals surface area contributed by atoms with Gasteiger partial charge in [0.25, 0.3) is 0 Å². The lowest BCUT2D eigenvalue weighted by Crippen LogP contribution is -2.19. The average Bonchev–Trinajstić information content (AvgIpc) is 3.18. The molecule has 32 heavy (non-hydrogen) atoms. The molecule has 2 heterocycles. The number of nitrogens with two attached hydrogens (primary N) is 1. The summed E-state index contributed by atoms with van der Waals surface area (Å²) in [5.74, 6) is 1.55. The summed E-state index contributed by atoms with van der Waals surface area (Å²) in [5.41, 5.74) is 4.88. The summed E-state index contributed by atoms with van der Waals surface area (Å²) in [7, 11) is -3.80. The van der Waals surface area contributed by atoms with Crippen LogP contribution in [-0.2, 0) is 27.4 Å². The number of aromatic nitrogens is 1. The molecule has 1 aromatic heterocycles. The maximum atomic E-state index is 12.4. The standard InChI is InChI=1S/C26H38N2O3S/c1-17-23(32(27,29)30)14-22(28(17)15-18-10-8-7-9-11-18)19-12-20(25(2,3)4)24-21(13-19)26(5,6)16-31-24/h12-14,18H,7-11,15-16H2,1-6H3,(H2,27,29,30). The summed E-state index contributed by atoms with van der Waals surface area (Å²) in [6, 6.07) is 6.18. The minimum absolute atomic E-state index is 0.0933. The van der Waals surface area contributed by atoms with E-state index >= 15 is 0 Å². The van der Waals surface area contributed by atoms with Crippen LogP contribution < -0.4 is 9.88 Å². The van der Waals surface area contributed by atoms with E-state index < -0.39 is 10.0 Å². The maximum absolute atomic E-state index is 12.4. The van der Waals surface area contributed by atoms with Gasteiger partial charge in [0.1, 0.15) is 10.6 Å². The van der Waals surface area contributed by atoms with Crippen molar-refractivity contribution in [1.29, 1.82) is 0 Å². The van der Waals surface area contributed by atoms with Crippen molar-refractivity contribution in [2.75, 3.05) is 6.61 Å². The van der Waals surface area contributed by atoms with Crippen molar-refractivity contribution < 1.29 is 13.2 Å². The van der Waals surface area contributed by atoms with Crippen LogP contribution in [-0.4, -0.2) is 19.6 Å². The Kier molecular flexibility index (Phi) is 5.78. The largest absolute Gasteiger partial charge is 0.492 e. The van der Waals surface area contributed by atoms with Crippen LogP contribution in [0.15, 0.2) is 23.1 Å². The number of hydrogen-bond acceptors (Lipinski definition) is 3. The predicted molar refractivity (Wildman–Crippen MR) is 130 cm³/mol. The summed E-state index contributed by atoms with van der Waals surface area (Å²) in [5, 5.41) is 5.62. The van der Waals surface area contributed by atoms with Gasteiger partial charge in [-0.15, -0.1) is 0 Å². The molecule has 0 unspecified atom stereocenters. The van der Waals surface area contributed by atoms with E-state index in [1.54, 1.807) is 6.07 Å². The van der Waals surface area contributed by atoms with Gasteiger partial charge in [-0.25, -0.2) is 13.6 Å². The van der Waals surface area contributed by atoms with Crippen molar-refractivity contribution in [3.63, 3.8) is 0 Å². The molecule has 0 bridgehead atoms. The Labute approximate surface area is 193 Å². The van der Waals surface area contributed by atoms with Crippen LogP contribution in [0.25, 0.3) is 11.3 Å². The molecule has 176 valence electrons. The van der Waals surface area contributed by atoms with Gasteiger partial charge >= 0.3 is 0 Å². The molecule has 0 spiro atoms. The second-order valence-electron chi connectivity index (χ2n) is 11.5. The van der Waals surface area contributed by atoms with Gasteiger partial charge < -0.3 is 9.30 Å². The van der Waals surface area contributed by atoms with Crippen LogP contribution in [0.1, 0.15) is 83.5 Å². The summed E-state index contributed by atoms with van der Waals surface area (Å²) in [6.07, 6.45) is 6.19. The SMILES string of the molecule is Cc1c(S(N)(=O)=O)cc(-c2cc(C(C)(C)C)c3c(c2)C(C)(C)CO3)n1CC1CCCCC1. The van der Waals surface area contributed by atoms with E-state index in [-0.39, 0.29) is 15.7 Å². The van der Waals surface area contributed by atoms with Gasteiger partial charge in [0, 0.05) is 34.5 Å². The van der Waals surface area contributed by atoms with E-state index in [0.29, 0.717) is 12.5 Å². The first kappa shape index (κ1) is 23.4. The van der Waals surface area contributed by atoms with Crippen LogP contribution >= 0.6 is 0 Å². The van der Waals surface area contributed by atoms with Crippen molar-refractivity contribution in [3.05, 3.63) is 35.0 Å². The van der Waals surface area contributed by atoms with Gasteiger partial charge in [-0.05, 0) is 54.9 Å². The molecule has 2 aromatic rings. The highest BCUT2D eigenvalue weighted by atomic mass is 32.2. The highest BCUT2D eigenvalue weighted by Gasteiger charge is 2.37. The first-order valence-electron chi connectivity index (χ1n) is 11.8. The Hall–Kier alpha value is -1.79. The predicted octanol–water partition coefficient (Wildman–Crippen LogP) is 5.66. The fraction of sp³-hybridized carbons (Fsp3) is 0.615. The molecule has 1 aromatic carbocycles. The second-order valence-corrected chi connectivity index (χ2v) is 13.0. The van der Waals surface area contributed by atoms with Gasteiger partial charge in [0.05, 0.1) is 6.61 Å². The molecule has 1 saturated carbocycles. The monoisotopic (exact) mass is 458 g/mol. The van der Waals surface area contributed by atoms with Crippen molar-refractivity contribution in [1.82, 2.24) is 4.57 Å². The first-order chi connectivity index (χ1) is 14.8. The average molecular weight is 459 g/mol. The quantitative estimate of drug-likeness (QED) is 0.642. The van der Waals surface area contributed by atoms with Crippen molar-refractivity contribution in [2.45, 2.75) is 95.9 Å². The van der Waals surface area contributed by atoms with E-state index in [2.05, 4.69) is 51.3 Å². The van der Waals surface area contributed by atoms with E-state index in [9.17, 15) is 8.42 Å². The zero-order valence-electron chi connectivity index (χ0n) is 20.4. The molecule has 5 nitrogen and oxygen atoms in total. The molecular formula is C26H38N2O3S. The topological polar surface area (TPSA) is 74.3 Å². The van der Waals surface area contributed by atoms with Crippen LogP contribution in [0.5, 0.6) is 5.75 Å². The zero-order valence-corrected chi connectivity index (χ0v) is 21.2. The maximum Gasteiger partial charge on any atom is 0.239 e. The molecule has 1 fully saturated rings. The number of fused-ring (bicyclic) bond motifs is 1. The van der Waals surface area contributed by atoms with E-state index in [0.717, 1.165) is 34.8 Å². The molecule has 0 saturated heterocycles. The normalized spacial score (nSPS) is 19.1. The van der Waals surface area contributed by atoms with Gasteiger partial charge in [-0.3, -0.25) is 0 Å². The Morgan fingerprint density at radius 1 is 1.12 bits per heavy atom. The number of rotatable bonds is 4. The van der Waals surface area contributed by atoms with E-state index in [4.69, 9.17) is 9.88 Å². The molecule has 0 amide bonds. The molecule has 1 aliphatic heterocycles. The molecule has 4 rings (SSSR count). The summed E-state index contributed by atoms with van der Waals surface area (Å²) < 4.78 is 33.2. The molecule has 0 radical (unpaired) electrons. The molecular weight excluding hydrogens is 420 g/mol. The summed E-state index contributed by atoms with van der Waals surface area (Å²) in [6.45, 7) is 14.4. The number of ether oxygens (including phenoxy) is 1.